The first-order chi connectivity index (χ1) is 5.21. The van der Waals surface area contributed by atoms with Gasteiger partial charge in [0.2, 0.25) is 0 Å². The second kappa shape index (κ2) is 2.46. The molecule has 0 aliphatic carbocycles. The van der Waals surface area contributed by atoms with Crippen LogP contribution in [0.5, 0.6) is 0 Å². The lowest BCUT2D eigenvalue weighted by Crippen LogP contribution is -2.50. The Morgan fingerprint density at radius 2 is 2.27 bits per heavy atom. The average Bonchev–Trinajstić information content (AvgIpc) is 2.20. The van der Waals surface area contributed by atoms with E-state index in [9.17, 15) is 0 Å². The number of rotatable bonds is 0. The van der Waals surface area contributed by atoms with Gasteiger partial charge < -0.3 is 5.32 Å². The smallest absolute Gasteiger partial charge is 0.0195 e. The van der Waals surface area contributed by atoms with Crippen molar-refractivity contribution in [3.05, 3.63) is 0 Å². The highest BCUT2D eigenvalue weighted by atomic mass is 15.2. The molecule has 0 aromatic rings. The molecule has 0 radical (unpaired) electrons. The van der Waals surface area contributed by atoms with E-state index in [1.54, 1.807) is 0 Å². The summed E-state index contributed by atoms with van der Waals surface area (Å²) in [4.78, 5) is 2.53. The summed E-state index contributed by atoms with van der Waals surface area (Å²) in [7, 11) is 2.26. The van der Waals surface area contributed by atoms with Crippen LogP contribution in [0.2, 0.25) is 0 Å². The van der Waals surface area contributed by atoms with Gasteiger partial charge in [0.25, 0.3) is 0 Å². The first-order valence-corrected chi connectivity index (χ1v) is 4.65. The maximum absolute atomic E-state index is 3.59. The van der Waals surface area contributed by atoms with Crippen molar-refractivity contribution in [2.24, 2.45) is 0 Å². The lowest BCUT2D eigenvalue weighted by atomic mass is 9.86. The van der Waals surface area contributed by atoms with E-state index in [-0.39, 0.29) is 0 Å². The molecule has 0 amide bonds. The Labute approximate surface area is 69.0 Å². The van der Waals surface area contributed by atoms with Crippen LogP contribution in [0.4, 0.5) is 0 Å². The summed E-state index contributed by atoms with van der Waals surface area (Å²) in [5.41, 5.74) is 0.500. The van der Waals surface area contributed by atoms with Crippen molar-refractivity contribution in [1.29, 1.82) is 0 Å². The molecule has 2 atom stereocenters. The van der Waals surface area contributed by atoms with E-state index >= 15 is 0 Å². The lowest BCUT2D eigenvalue weighted by Gasteiger charge is -2.42. The van der Waals surface area contributed by atoms with Crippen molar-refractivity contribution in [3.8, 4) is 0 Å². The van der Waals surface area contributed by atoms with E-state index in [0.717, 1.165) is 6.04 Å². The highest BCUT2D eigenvalue weighted by Crippen LogP contribution is 2.31. The monoisotopic (exact) mass is 154 g/mol. The molecule has 64 valence electrons. The molecular formula is C9H18N2. The van der Waals surface area contributed by atoms with E-state index in [4.69, 9.17) is 0 Å². The molecule has 0 aromatic carbocycles. The fourth-order valence-corrected chi connectivity index (χ4v) is 2.35. The van der Waals surface area contributed by atoms with Gasteiger partial charge in [-0.2, -0.15) is 0 Å². The molecule has 3 fully saturated rings. The molecule has 11 heavy (non-hydrogen) atoms. The normalized spacial score (nSPS) is 45.8. The van der Waals surface area contributed by atoms with Crippen molar-refractivity contribution in [2.45, 2.75) is 37.8 Å². The third kappa shape index (κ3) is 1.18. The molecule has 2 nitrogen and oxygen atoms in total. The Bertz CT molecular complexity index is 154. The van der Waals surface area contributed by atoms with Crippen LogP contribution in [0.1, 0.15) is 26.2 Å². The Kier molecular flexibility index (Phi) is 1.69. The molecule has 3 aliphatic rings. The quantitative estimate of drug-likeness (QED) is 0.556. The molecule has 3 heterocycles. The molecule has 1 unspecified atom stereocenters. The minimum Gasteiger partial charge on any atom is -0.313 e. The maximum Gasteiger partial charge on any atom is 0.0195 e. The number of nitrogens with one attached hydrogen (secondary N) is 1. The van der Waals surface area contributed by atoms with E-state index in [1.807, 2.05) is 0 Å². The zero-order chi connectivity index (χ0) is 7.90. The zero-order valence-corrected chi connectivity index (χ0v) is 7.56. The summed E-state index contributed by atoms with van der Waals surface area (Å²) >= 11 is 0. The zero-order valence-electron chi connectivity index (χ0n) is 7.56. The van der Waals surface area contributed by atoms with Crippen LogP contribution in [0.3, 0.4) is 0 Å². The van der Waals surface area contributed by atoms with E-state index in [0.29, 0.717) is 5.54 Å². The Morgan fingerprint density at radius 1 is 1.45 bits per heavy atom. The molecule has 3 aliphatic heterocycles. The predicted molar refractivity (Wildman–Crippen MR) is 46.7 cm³/mol. The lowest BCUT2D eigenvalue weighted by molar-refractivity contribution is 0.0898. The van der Waals surface area contributed by atoms with Crippen LogP contribution in [0.15, 0.2) is 0 Å². The van der Waals surface area contributed by atoms with Gasteiger partial charge in [-0.05, 0) is 39.8 Å². The summed E-state index contributed by atoms with van der Waals surface area (Å²) in [6.45, 7) is 4.86. The van der Waals surface area contributed by atoms with Gasteiger partial charge in [-0.25, -0.2) is 0 Å². The SMILES string of the molecule is CN1CC2CC[C@]1(C)CCN2. The van der Waals surface area contributed by atoms with Crippen LogP contribution in [0.25, 0.3) is 0 Å². The van der Waals surface area contributed by atoms with Crippen LogP contribution in [-0.4, -0.2) is 36.6 Å². The Balaban J connectivity index is 2.18. The first kappa shape index (κ1) is 7.56. The molecule has 1 N–H and O–H groups in total. The fourth-order valence-electron chi connectivity index (χ4n) is 2.35. The molecule has 0 saturated carbocycles. The number of fused-ring (bicyclic) bond motifs is 4. The summed E-state index contributed by atoms with van der Waals surface area (Å²) in [5, 5.41) is 3.59. The van der Waals surface area contributed by atoms with Crippen molar-refractivity contribution < 1.29 is 0 Å². The molecule has 2 heteroatoms. The van der Waals surface area contributed by atoms with Crippen LogP contribution in [0, 0.1) is 0 Å². The van der Waals surface area contributed by atoms with E-state index in [2.05, 4.69) is 24.2 Å². The molecule has 0 spiro atoms. The minimum absolute atomic E-state index is 0.500. The Hall–Kier alpha value is -0.0800. The van der Waals surface area contributed by atoms with Crippen molar-refractivity contribution in [1.82, 2.24) is 10.2 Å². The maximum atomic E-state index is 3.59. The number of hydrogen-bond acceptors (Lipinski definition) is 2. The average molecular weight is 154 g/mol. The molecular weight excluding hydrogens is 136 g/mol. The Morgan fingerprint density at radius 3 is 3.00 bits per heavy atom. The largest absolute Gasteiger partial charge is 0.313 e. The van der Waals surface area contributed by atoms with Gasteiger partial charge in [0, 0.05) is 18.1 Å². The first-order valence-electron chi connectivity index (χ1n) is 4.65. The number of hydrogen-bond donors (Lipinski definition) is 1. The fraction of sp³-hybridized carbons (Fsp3) is 1.00. The predicted octanol–water partition coefficient (Wildman–Crippen LogP) is 0.833. The number of piperidine rings is 1. The highest BCUT2D eigenvalue weighted by Gasteiger charge is 2.37. The topological polar surface area (TPSA) is 15.3 Å². The van der Waals surface area contributed by atoms with Crippen LogP contribution in [-0.2, 0) is 0 Å². The van der Waals surface area contributed by atoms with E-state index in [1.165, 1.54) is 32.4 Å². The molecule has 0 aromatic heterocycles. The van der Waals surface area contributed by atoms with Gasteiger partial charge in [0.1, 0.15) is 0 Å². The summed E-state index contributed by atoms with van der Waals surface area (Å²) in [6.07, 6.45) is 4.07. The van der Waals surface area contributed by atoms with Gasteiger partial charge in [0.05, 0.1) is 0 Å². The summed E-state index contributed by atoms with van der Waals surface area (Å²) in [6, 6.07) is 0.774. The van der Waals surface area contributed by atoms with Gasteiger partial charge in [-0.15, -0.1) is 0 Å². The second-order valence-corrected chi connectivity index (χ2v) is 4.32. The molecule has 3 rings (SSSR count). The number of likely N-dealkylation sites (N-methyl/N-ethyl adjacent to an activating group) is 1. The standard InChI is InChI=1S/C9H18N2/c1-9-4-3-8(7-11(9)2)10-6-5-9/h8,10H,3-7H2,1-2H3/t8?,9-/m1/s1. The van der Waals surface area contributed by atoms with Crippen LogP contribution >= 0.6 is 0 Å². The van der Waals surface area contributed by atoms with Gasteiger partial charge in [-0.1, -0.05) is 0 Å². The van der Waals surface area contributed by atoms with Crippen molar-refractivity contribution >= 4 is 0 Å². The highest BCUT2D eigenvalue weighted by molar-refractivity contribution is 4.96. The van der Waals surface area contributed by atoms with E-state index < -0.39 is 0 Å². The summed E-state index contributed by atoms with van der Waals surface area (Å²) in [5.74, 6) is 0. The second-order valence-electron chi connectivity index (χ2n) is 4.32. The molecule has 2 bridgehead atoms. The molecule has 3 saturated heterocycles. The summed E-state index contributed by atoms with van der Waals surface area (Å²) < 4.78 is 0. The minimum atomic E-state index is 0.500. The number of nitrogens with zero attached hydrogens (tertiary/aromatic N) is 1. The third-order valence-electron chi connectivity index (χ3n) is 3.54. The van der Waals surface area contributed by atoms with Crippen molar-refractivity contribution in [2.75, 3.05) is 20.1 Å². The van der Waals surface area contributed by atoms with Gasteiger partial charge in [-0.3, -0.25) is 4.90 Å². The van der Waals surface area contributed by atoms with Crippen molar-refractivity contribution in [3.63, 3.8) is 0 Å². The van der Waals surface area contributed by atoms with Gasteiger partial charge >= 0.3 is 0 Å². The van der Waals surface area contributed by atoms with Gasteiger partial charge in [0.15, 0.2) is 0 Å². The third-order valence-corrected chi connectivity index (χ3v) is 3.54. The van der Waals surface area contributed by atoms with Crippen LogP contribution < -0.4 is 5.32 Å².